The molecule has 1 fully saturated rings. The Bertz CT molecular complexity index is 949. The van der Waals surface area contributed by atoms with Crippen LogP contribution in [0.5, 0.6) is 0 Å². The number of benzene rings is 1. The molecular formula is C19H23N4O3+. The van der Waals surface area contributed by atoms with E-state index in [4.69, 9.17) is 14.6 Å². The van der Waals surface area contributed by atoms with Crippen LogP contribution in [0.25, 0.3) is 11.0 Å². The van der Waals surface area contributed by atoms with Crippen molar-refractivity contribution in [3.05, 3.63) is 54.0 Å². The van der Waals surface area contributed by atoms with Crippen LogP contribution >= 0.6 is 0 Å². The van der Waals surface area contributed by atoms with E-state index >= 15 is 0 Å². The summed E-state index contributed by atoms with van der Waals surface area (Å²) >= 11 is 0. The van der Waals surface area contributed by atoms with E-state index in [0.29, 0.717) is 11.4 Å². The van der Waals surface area contributed by atoms with E-state index in [1.165, 1.54) is 11.2 Å². The molecule has 0 atom stereocenters. The van der Waals surface area contributed by atoms with Gasteiger partial charge in [-0.3, -0.25) is 10.2 Å². The molecule has 2 N–H and O–H groups in total. The number of morpholine rings is 1. The molecule has 1 aliphatic rings. The van der Waals surface area contributed by atoms with Gasteiger partial charge in [-0.1, -0.05) is 12.1 Å². The van der Waals surface area contributed by atoms with Crippen molar-refractivity contribution in [2.45, 2.75) is 13.1 Å². The predicted octanol–water partition coefficient (Wildman–Crippen LogP) is 0.313. The monoisotopic (exact) mass is 355 g/mol. The molecule has 136 valence electrons. The van der Waals surface area contributed by atoms with Gasteiger partial charge in [-0.15, -0.1) is 0 Å². The number of carbonyl (C=O) groups is 1. The zero-order chi connectivity index (χ0) is 17.9. The van der Waals surface area contributed by atoms with E-state index < -0.39 is 0 Å². The van der Waals surface area contributed by atoms with Crippen LogP contribution in [0.3, 0.4) is 0 Å². The molecular weight excluding hydrogens is 332 g/mol. The van der Waals surface area contributed by atoms with Crippen molar-refractivity contribution in [2.24, 2.45) is 0 Å². The molecule has 0 spiro atoms. The summed E-state index contributed by atoms with van der Waals surface area (Å²) in [6.45, 7) is 5.40. The molecule has 4 rings (SSSR count). The number of rotatable bonds is 6. The van der Waals surface area contributed by atoms with Crippen LogP contribution in [0.1, 0.15) is 10.6 Å². The number of hydrogen-bond donors (Lipinski definition) is 2. The van der Waals surface area contributed by atoms with Gasteiger partial charge in [-0.25, -0.2) is 0 Å². The quantitative estimate of drug-likeness (QED) is 0.625. The summed E-state index contributed by atoms with van der Waals surface area (Å²) < 4.78 is 14.4. The topological polar surface area (TPSA) is 77.6 Å². The fraction of sp³-hybridized carbons (Fsp3) is 0.368. The highest BCUT2D eigenvalue weighted by molar-refractivity contribution is 5.94. The summed E-state index contributed by atoms with van der Waals surface area (Å²) in [6, 6.07) is 11.2. The number of imidazole rings is 1. The second kappa shape index (κ2) is 7.31. The van der Waals surface area contributed by atoms with Gasteiger partial charge < -0.3 is 23.2 Å². The molecule has 0 amide bonds. The minimum Gasteiger partial charge on any atom is -0.461 e. The maximum absolute atomic E-state index is 12.5. The second-order valence-corrected chi connectivity index (χ2v) is 6.56. The highest BCUT2D eigenvalue weighted by Gasteiger charge is 2.18. The standard InChI is InChI=1S/C19H22N4O3/c20-19-22(8-7-21-9-12-25-13-10-21)15-4-1-2-5-16(15)23(19)14-17(24)18-6-3-11-26-18/h1-6,11,20H,7-10,12-14H2/p+1. The number of nitrogens with zero attached hydrogens (tertiary/aromatic N) is 2. The van der Waals surface area contributed by atoms with E-state index in [9.17, 15) is 4.79 Å². The minimum atomic E-state index is -0.129. The van der Waals surface area contributed by atoms with Gasteiger partial charge in [-0.2, -0.15) is 0 Å². The van der Waals surface area contributed by atoms with Gasteiger partial charge in [0.25, 0.3) is 0 Å². The number of hydrogen-bond acceptors (Lipinski definition) is 4. The first kappa shape index (κ1) is 16.8. The van der Waals surface area contributed by atoms with Gasteiger partial charge in [0.15, 0.2) is 5.76 Å². The summed E-state index contributed by atoms with van der Waals surface area (Å²) in [4.78, 5) is 14.0. The maximum atomic E-state index is 12.5. The lowest BCUT2D eigenvalue weighted by atomic mass is 10.3. The number of para-hydroxylation sites is 2. The Morgan fingerprint density at radius 1 is 1.08 bits per heavy atom. The fourth-order valence-electron chi connectivity index (χ4n) is 3.52. The Morgan fingerprint density at radius 3 is 2.50 bits per heavy atom. The lowest BCUT2D eigenvalue weighted by Crippen LogP contribution is -3.14. The van der Waals surface area contributed by atoms with Crippen molar-refractivity contribution < 1.29 is 18.8 Å². The third-order valence-electron chi connectivity index (χ3n) is 4.96. The number of ketones is 1. The molecule has 26 heavy (non-hydrogen) atoms. The Balaban J connectivity index is 1.62. The Hall–Kier alpha value is -2.64. The molecule has 1 saturated heterocycles. The third kappa shape index (κ3) is 3.23. The van der Waals surface area contributed by atoms with E-state index in [1.807, 2.05) is 28.8 Å². The average Bonchev–Trinajstić information content (AvgIpc) is 3.29. The van der Waals surface area contributed by atoms with Crippen molar-refractivity contribution in [3.63, 3.8) is 0 Å². The molecule has 7 nitrogen and oxygen atoms in total. The summed E-state index contributed by atoms with van der Waals surface area (Å²) in [7, 11) is 0. The SMILES string of the molecule is N=c1n(CC[NH+]2CCOCC2)c2ccccc2n1CC(=O)c1ccco1. The van der Waals surface area contributed by atoms with Crippen LogP contribution in [0.4, 0.5) is 0 Å². The Morgan fingerprint density at radius 2 is 1.81 bits per heavy atom. The molecule has 3 aromatic rings. The number of aromatic nitrogens is 2. The number of carbonyl (C=O) groups excluding carboxylic acids is 1. The van der Waals surface area contributed by atoms with Crippen molar-refractivity contribution >= 4 is 16.8 Å². The fourth-order valence-corrected chi connectivity index (χ4v) is 3.52. The number of Topliss-reactive ketones (excluding diaryl/α,β-unsaturated/α-hetero) is 1. The van der Waals surface area contributed by atoms with E-state index in [0.717, 1.165) is 50.4 Å². The van der Waals surface area contributed by atoms with E-state index in [-0.39, 0.29) is 12.3 Å². The molecule has 3 heterocycles. The summed E-state index contributed by atoms with van der Waals surface area (Å²) in [5, 5.41) is 8.62. The van der Waals surface area contributed by atoms with E-state index in [2.05, 4.69) is 0 Å². The van der Waals surface area contributed by atoms with Crippen LogP contribution in [-0.2, 0) is 17.8 Å². The number of quaternary nitrogens is 1. The summed E-state index contributed by atoms with van der Waals surface area (Å²) in [5.74, 6) is 0.196. The van der Waals surface area contributed by atoms with Gasteiger partial charge in [-0.05, 0) is 24.3 Å². The van der Waals surface area contributed by atoms with Crippen LogP contribution in [0.15, 0.2) is 47.1 Å². The Kier molecular flexibility index (Phi) is 4.73. The van der Waals surface area contributed by atoms with Crippen molar-refractivity contribution in [3.8, 4) is 0 Å². The third-order valence-corrected chi connectivity index (χ3v) is 4.96. The zero-order valence-corrected chi connectivity index (χ0v) is 14.6. The van der Waals surface area contributed by atoms with Crippen LogP contribution in [0.2, 0.25) is 0 Å². The number of ether oxygens (including phenoxy) is 1. The molecule has 0 bridgehead atoms. The van der Waals surface area contributed by atoms with Crippen molar-refractivity contribution in [1.29, 1.82) is 5.41 Å². The van der Waals surface area contributed by atoms with Gasteiger partial charge in [0, 0.05) is 0 Å². The van der Waals surface area contributed by atoms with Gasteiger partial charge in [0.05, 0.1) is 50.1 Å². The molecule has 0 saturated carbocycles. The number of nitrogens with one attached hydrogen (secondary N) is 2. The predicted molar refractivity (Wildman–Crippen MR) is 95.2 cm³/mol. The van der Waals surface area contributed by atoms with Crippen LogP contribution in [0, 0.1) is 5.41 Å². The van der Waals surface area contributed by atoms with Gasteiger partial charge in [0.2, 0.25) is 11.4 Å². The molecule has 1 aliphatic heterocycles. The normalized spacial score (nSPS) is 15.5. The lowest BCUT2D eigenvalue weighted by Gasteiger charge is -2.23. The first-order valence-corrected chi connectivity index (χ1v) is 8.95. The van der Waals surface area contributed by atoms with Gasteiger partial charge in [0.1, 0.15) is 13.1 Å². The highest BCUT2D eigenvalue weighted by Crippen LogP contribution is 2.13. The second-order valence-electron chi connectivity index (χ2n) is 6.56. The smallest absolute Gasteiger partial charge is 0.217 e. The number of fused-ring (bicyclic) bond motifs is 1. The molecule has 0 unspecified atom stereocenters. The molecule has 0 radical (unpaired) electrons. The first-order valence-electron chi connectivity index (χ1n) is 8.95. The molecule has 7 heteroatoms. The average molecular weight is 355 g/mol. The molecule has 0 aliphatic carbocycles. The lowest BCUT2D eigenvalue weighted by molar-refractivity contribution is -0.908. The van der Waals surface area contributed by atoms with Crippen molar-refractivity contribution in [1.82, 2.24) is 9.13 Å². The van der Waals surface area contributed by atoms with E-state index in [1.54, 1.807) is 16.7 Å². The maximum Gasteiger partial charge on any atom is 0.217 e. The molecule has 2 aromatic heterocycles. The summed E-state index contributed by atoms with van der Waals surface area (Å²) in [6.07, 6.45) is 1.49. The number of furan rings is 1. The molecule has 1 aromatic carbocycles. The van der Waals surface area contributed by atoms with Gasteiger partial charge >= 0.3 is 0 Å². The van der Waals surface area contributed by atoms with Crippen LogP contribution in [-0.4, -0.2) is 47.8 Å². The highest BCUT2D eigenvalue weighted by atomic mass is 16.5. The summed E-state index contributed by atoms with van der Waals surface area (Å²) in [5.41, 5.74) is 2.23. The largest absolute Gasteiger partial charge is 0.461 e. The minimum absolute atomic E-state index is 0.101. The zero-order valence-electron chi connectivity index (χ0n) is 14.6. The van der Waals surface area contributed by atoms with Crippen molar-refractivity contribution in [2.75, 3.05) is 32.8 Å². The first-order chi connectivity index (χ1) is 12.7. The Labute approximate surface area is 150 Å². The van der Waals surface area contributed by atoms with Crippen LogP contribution < -0.4 is 10.5 Å².